The third kappa shape index (κ3) is 3.39. The van der Waals surface area contributed by atoms with E-state index in [1.807, 2.05) is 12.1 Å². The van der Waals surface area contributed by atoms with Gasteiger partial charge in [0.25, 0.3) is 0 Å². The van der Waals surface area contributed by atoms with E-state index in [-0.39, 0.29) is 6.61 Å². The molecular weight excluding hydrogens is 322 g/mol. The molecule has 2 aromatic carbocycles. The Kier molecular flexibility index (Phi) is 4.78. The van der Waals surface area contributed by atoms with Crippen LogP contribution >= 0.6 is 0 Å². The minimum absolute atomic E-state index is 0.0823. The summed E-state index contributed by atoms with van der Waals surface area (Å²) in [6, 6.07) is 21.2. The number of rotatable bonds is 3. The van der Waals surface area contributed by atoms with E-state index in [1.54, 1.807) is 0 Å². The summed E-state index contributed by atoms with van der Waals surface area (Å²) in [6.07, 6.45) is 1.12. The summed E-state index contributed by atoms with van der Waals surface area (Å²) in [6.45, 7) is 1.93. The fraction of sp³-hybridized carbons (Fsp3) is 0.273. The Balaban J connectivity index is 1.74. The largest absolute Gasteiger partial charge is 0.390 e. The van der Waals surface area contributed by atoms with Gasteiger partial charge in [0.05, 0.1) is 18.0 Å². The molecule has 0 bridgehead atoms. The number of aromatic nitrogens is 2. The van der Waals surface area contributed by atoms with E-state index in [9.17, 15) is 0 Å². The summed E-state index contributed by atoms with van der Waals surface area (Å²) in [5, 5.41) is 17.5. The highest BCUT2D eigenvalue weighted by Crippen LogP contribution is 2.35. The predicted molar refractivity (Wildman–Crippen MR) is 103 cm³/mol. The minimum Gasteiger partial charge on any atom is -0.390 e. The molecule has 4 nitrogen and oxygen atoms in total. The van der Waals surface area contributed by atoms with Crippen LogP contribution < -0.4 is 0 Å². The van der Waals surface area contributed by atoms with Crippen LogP contribution in [0.15, 0.2) is 60.7 Å². The highest BCUT2D eigenvalue weighted by molar-refractivity contribution is 5.61. The van der Waals surface area contributed by atoms with Crippen LogP contribution in [0, 0.1) is 0 Å². The molecule has 2 heterocycles. The number of aliphatic hydroxyl groups is 1. The summed E-state index contributed by atoms with van der Waals surface area (Å²) in [4.78, 5) is 2.38. The van der Waals surface area contributed by atoms with Gasteiger partial charge in [-0.3, -0.25) is 0 Å². The Morgan fingerprint density at radius 3 is 2.62 bits per heavy atom. The first-order valence-electron chi connectivity index (χ1n) is 9.05. The molecule has 0 fully saturated rings. The molecule has 0 radical (unpaired) electrons. The Morgan fingerprint density at radius 1 is 1.04 bits per heavy atom. The van der Waals surface area contributed by atoms with Crippen LogP contribution in [0.1, 0.15) is 34.7 Å². The smallest absolute Gasteiger partial charge is 0.0929 e. The number of benzene rings is 2. The van der Waals surface area contributed by atoms with Crippen molar-refractivity contribution in [2.75, 3.05) is 13.6 Å². The van der Waals surface area contributed by atoms with Crippen LogP contribution in [-0.2, 0) is 13.2 Å². The number of fused-ring (bicyclic) bond motifs is 1. The van der Waals surface area contributed by atoms with Gasteiger partial charge in [0.1, 0.15) is 0 Å². The van der Waals surface area contributed by atoms with Gasteiger partial charge in [-0.1, -0.05) is 42.5 Å². The molecule has 4 rings (SSSR count). The summed E-state index contributed by atoms with van der Waals surface area (Å²) >= 11 is 0. The van der Waals surface area contributed by atoms with Crippen molar-refractivity contribution in [3.8, 4) is 11.3 Å². The van der Waals surface area contributed by atoms with Gasteiger partial charge in [0.15, 0.2) is 0 Å². The molecule has 1 aromatic heterocycles. The monoisotopic (exact) mass is 345 g/mol. The van der Waals surface area contributed by atoms with E-state index in [0.717, 1.165) is 30.8 Å². The SMILES string of the molecule is CN1CCC(c2ccccc2)c2ccc(-c3ccc(CO)nn3)cc2C1. The second kappa shape index (κ2) is 7.36. The Morgan fingerprint density at radius 2 is 1.88 bits per heavy atom. The molecule has 0 aliphatic carbocycles. The summed E-state index contributed by atoms with van der Waals surface area (Å²) < 4.78 is 0. The molecule has 1 aliphatic heterocycles. The zero-order chi connectivity index (χ0) is 17.9. The summed E-state index contributed by atoms with van der Waals surface area (Å²) in [5.41, 5.74) is 6.64. The molecule has 0 saturated heterocycles. The van der Waals surface area contributed by atoms with E-state index < -0.39 is 0 Å². The summed E-state index contributed by atoms with van der Waals surface area (Å²) in [7, 11) is 2.18. The first kappa shape index (κ1) is 16.9. The van der Waals surface area contributed by atoms with Crippen molar-refractivity contribution >= 4 is 0 Å². The highest BCUT2D eigenvalue weighted by atomic mass is 16.3. The van der Waals surface area contributed by atoms with Crippen molar-refractivity contribution in [3.63, 3.8) is 0 Å². The molecule has 4 heteroatoms. The van der Waals surface area contributed by atoms with Crippen molar-refractivity contribution in [3.05, 3.63) is 83.0 Å². The van der Waals surface area contributed by atoms with Gasteiger partial charge in [0, 0.05) is 18.0 Å². The highest BCUT2D eigenvalue weighted by Gasteiger charge is 2.22. The van der Waals surface area contributed by atoms with Crippen LogP contribution in [0.3, 0.4) is 0 Å². The molecule has 132 valence electrons. The van der Waals surface area contributed by atoms with Crippen molar-refractivity contribution in [2.45, 2.75) is 25.5 Å². The van der Waals surface area contributed by atoms with Crippen LogP contribution in [0.4, 0.5) is 0 Å². The van der Waals surface area contributed by atoms with E-state index >= 15 is 0 Å². The molecule has 3 aromatic rings. The third-order valence-electron chi connectivity index (χ3n) is 5.14. The average Bonchev–Trinajstić information content (AvgIpc) is 2.86. The van der Waals surface area contributed by atoms with Crippen LogP contribution in [0.2, 0.25) is 0 Å². The maximum Gasteiger partial charge on any atom is 0.0929 e. The maximum atomic E-state index is 9.15. The minimum atomic E-state index is -0.0823. The molecular formula is C22H23N3O. The molecule has 0 amide bonds. The molecule has 1 unspecified atom stereocenters. The summed E-state index contributed by atoms with van der Waals surface area (Å²) in [5.74, 6) is 0.424. The van der Waals surface area contributed by atoms with Gasteiger partial charge in [-0.15, -0.1) is 0 Å². The van der Waals surface area contributed by atoms with E-state index in [1.165, 1.54) is 16.7 Å². The standard InChI is InChI=1S/C22H23N3O/c1-25-12-11-21(16-5-3-2-4-6-16)20-9-7-17(13-18(20)14-25)22-10-8-19(15-26)23-24-22/h2-10,13,21,26H,11-12,14-15H2,1H3. The van der Waals surface area contributed by atoms with Crippen LogP contribution in [0.5, 0.6) is 0 Å². The lowest BCUT2D eigenvalue weighted by molar-refractivity contribution is 0.275. The average molecular weight is 345 g/mol. The van der Waals surface area contributed by atoms with Gasteiger partial charge in [-0.25, -0.2) is 0 Å². The zero-order valence-electron chi connectivity index (χ0n) is 15.0. The van der Waals surface area contributed by atoms with E-state index in [0.29, 0.717) is 11.6 Å². The normalized spacial score (nSPS) is 17.5. The van der Waals surface area contributed by atoms with Gasteiger partial charge >= 0.3 is 0 Å². The second-order valence-corrected chi connectivity index (χ2v) is 6.97. The lowest BCUT2D eigenvalue weighted by atomic mass is 9.86. The molecule has 1 atom stereocenters. The fourth-order valence-corrected chi connectivity index (χ4v) is 3.75. The van der Waals surface area contributed by atoms with Crippen molar-refractivity contribution < 1.29 is 5.11 Å². The van der Waals surface area contributed by atoms with E-state index in [2.05, 4.69) is 70.7 Å². The first-order valence-corrected chi connectivity index (χ1v) is 9.05. The molecule has 0 spiro atoms. The van der Waals surface area contributed by atoms with Gasteiger partial charge < -0.3 is 10.0 Å². The maximum absolute atomic E-state index is 9.15. The zero-order valence-corrected chi connectivity index (χ0v) is 15.0. The third-order valence-corrected chi connectivity index (χ3v) is 5.14. The Hall–Kier alpha value is -2.56. The van der Waals surface area contributed by atoms with Gasteiger partial charge in [-0.2, -0.15) is 10.2 Å². The molecule has 26 heavy (non-hydrogen) atoms. The van der Waals surface area contributed by atoms with Gasteiger partial charge in [0.2, 0.25) is 0 Å². The van der Waals surface area contributed by atoms with Crippen LogP contribution in [0.25, 0.3) is 11.3 Å². The van der Waals surface area contributed by atoms with Crippen molar-refractivity contribution in [1.82, 2.24) is 15.1 Å². The molecule has 0 saturated carbocycles. The number of nitrogens with zero attached hydrogens (tertiary/aromatic N) is 3. The number of hydrogen-bond donors (Lipinski definition) is 1. The Labute approximate surface area is 154 Å². The van der Waals surface area contributed by atoms with Crippen molar-refractivity contribution in [2.24, 2.45) is 0 Å². The number of hydrogen-bond acceptors (Lipinski definition) is 4. The topological polar surface area (TPSA) is 49.2 Å². The second-order valence-electron chi connectivity index (χ2n) is 6.97. The fourth-order valence-electron chi connectivity index (χ4n) is 3.75. The predicted octanol–water partition coefficient (Wildman–Crippen LogP) is 3.60. The van der Waals surface area contributed by atoms with E-state index in [4.69, 9.17) is 5.11 Å². The molecule has 1 N–H and O–H groups in total. The Bertz CT molecular complexity index is 878. The number of aliphatic hydroxyl groups excluding tert-OH is 1. The first-order chi connectivity index (χ1) is 12.7. The lowest BCUT2D eigenvalue weighted by Gasteiger charge is -2.18. The van der Waals surface area contributed by atoms with Crippen LogP contribution in [-0.4, -0.2) is 33.8 Å². The molecule has 1 aliphatic rings. The van der Waals surface area contributed by atoms with Gasteiger partial charge in [-0.05, 0) is 54.9 Å². The quantitative estimate of drug-likeness (QED) is 0.788. The lowest BCUT2D eigenvalue weighted by Crippen LogP contribution is -2.17. The van der Waals surface area contributed by atoms with Crippen molar-refractivity contribution in [1.29, 1.82) is 0 Å².